The molecule has 2 heterocycles. The van der Waals surface area contributed by atoms with Crippen molar-refractivity contribution in [1.29, 1.82) is 0 Å². The van der Waals surface area contributed by atoms with E-state index in [-0.39, 0.29) is 18.4 Å². The van der Waals surface area contributed by atoms with Crippen LogP contribution in [0.1, 0.15) is 35.2 Å². The fourth-order valence-corrected chi connectivity index (χ4v) is 4.40. The highest BCUT2D eigenvalue weighted by Gasteiger charge is 2.48. The van der Waals surface area contributed by atoms with Crippen LogP contribution in [0.15, 0.2) is 48.5 Å². The van der Waals surface area contributed by atoms with E-state index in [1.54, 1.807) is 4.90 Å². The Morgan fingerprint density at radius 3 is 2.45 bits per heavy atom. The Morgan fingerprint density at radius 2 is 1.76 bits per heavy atom. The second-order valence-corrected chi connectivity index (χ2v) is 7.80. The van der Waals surface area contributed by atoms with E-state index in [4.69, 9.17) is 6.57 Å². The normalized spacial score (nSPS) is 18.1. The topological polar surface area (TPSA) is 45.0 Å². The zero-order chi connectivity index (χ0) is 20.4. The second kappa shape index (κ2) is 7.67. The van der Waals surface area contributed by atoms with Crippen LogP contribution in [0.4, 0.5) is 10.1 Å². The monoisotopic (exact) mass is 391 g/mol. The number of benzene rings is 2. The van der Waals surface area contributed by atoms with Gasteiger partial charge in [-0.2, -0.15) is 0 Å². The molecule has 2 amide bonds. The van der Waals surface area contributed by atoms with Gasteiger partial charge in [-0.3, -0.25) is 9.59 Å². The van der Waals surface area contributed by atoms with Gasteiger partial charge in [0.1, 0.15) is 5.82 Å². The van der Waals surface area contributed by atoms with Gasteiger partial charge < -0.3 is 9.80 Å². The molecule has 2 aromatic carbocycles. The first-order valence-corrected chi connectivity index (χ1v) is 9.82. The van der Waals surface area contributed by atoms with Crippen molar-refractivity contribution in [2.24, 2.45) is 5.41 Å². The summed E-state index contributed by atoms with van der Waals surface area (Å²) in [6.45, 7) is 9.23. The first-order valence-electron chi connectivity index (χ1n) is 9.82. The average molecular weight is 391 g/mol. The van der Waals surface area contributed by atoms with E-state index in [0.29, 0.717) is 49.3 Å². The van der Waals surface area contributed by atoms with E-state index in [9.17, 15) is 14.0 Å². The molecule has 2 aromatic rings. The van der Waals surface area contributed by atoms with Gasteiger partial charge in [0, 0.05) is 31.7 Å². The molecule has 4 rings (SSSR count). The lowest BCUT2D eigenvalue weighted by Gasteiger charge is -2.38. The summed E-state index contributed by atoms with van der Waals surface area (Å²) in [4.78, 5) is 32.8. The molecule has 148 valence electrons. The molecular formula is C23H22FN3O2. The molecular weight excluding hydrogens is 369 g/mol. The number of halogens is 1. The molecule has 2 saturated heterocycles. The van der Waals surface area contributed by atoms with Gasteiger partial charge in [-0.15, -0.1) is 0 Å². The minimum absolute atomic E-state index is 0.00390. The largest absolute Gasteiger partial charge is 0.339 e. The third-order valence-electron chi connectivity index (χ3n) is 6.15. The standard InChI is InChI=1S/C23H22FN3O2/c1-25-20-8-7-19(24)15-18(20)16-27-14-11-23(22(27)29)9-12-26(13-10-23)21(28)17-5-3-2-4-6-17/h2-8,15H,9-14,16H2. The van der Waals surface area contributed by atoms with Crippen LogP contribution in [-0.2, 0) is 11.3 Å². The lowest BCUT2D eigenvalue weighted by molar-refractivity contribution is -0.138. The number of hydrogen-bond donors (Lipinski definition) is 0. The second-order valence-electron chi connectivity index (χ2n) is 7.80. The number of carbonyl (C=O) groups excluding carboxylic acids is 2. The number of likely N-dealkylation sites (tertiary alicyclic amines) is 2. The number of carbonyl (C=O) groups is 2. The summed E-state index contributed by atoms with van der Waals surface area (Å²) in [5.74, 6) is -0.338. The molecule has 0 saturated carbocycles. The molecule has 29 heavy (non-hydrogen) atoms. The van der Waals surface area contributed by atoms with Crippen LogP contribution in [0.3, 0.4) is 0 Å². The third kappa shape index (κ3) is 3.61. The van der Waals surface area contributed by atoms with Crippen LogP contribution in [-0.4, -0.2) is 41.2 Å². The summed E-state index contributed by atoms with van der Waals surface area (Å²) in [6, 6.07) is 13.3. The molecule has 5 nitrogen and oxygen atoms in total. The van der Waals surface area contributed by atoms with Crippen molar-refractivity contribution in [3.8, 4) is 0 Å². The molecule has 0 atom stereocenters. The van der Waals surface area contributed by atoms with Gasteiger partial charge in [0.2, 0.25) is 5.91 Å². The Morgan fingerprint density at radius 1 is 1.07 bits per heavy atom. The van der Waals surface area contributed by atoms with Gasteiger partial charge in [0.25, 0.3) is 5.91 Å². The van der Waals surface area contributed by atoms with Gasteiger partial charge in [0.05, 0.1) is 12.0 Å². The third-order valence-corrected chi connectivity index (χ3v) is 6.15. The highest BCUT2D eigenvalue weighted by Crippen LogP contribution is 2.42. The quantitative estimate of drug-likeness (QED) is 0.742. The first-order chi connectivity index (χ1) is 14.0. The molecule has 0 aliphatic carbocycles. The molecule has 0 aromatic heterocycles. The van der Waals surface area contributed by atoms with Crippen molar-refractivity contribution in [3.05, 3.63) is 76.9 Å². The molecule has 1 spiro atoms. The van der Waals surface area contributed by atoms with E-state index >= 15 is 0 Å². The lowest BCUT2D eigenvalue weighted by atomic mass is 9.77. The van der Waals surface area contributed by atoms with Crippen molar-refractivity contribution < 1.29 is 14.0 Å². The van der Waals surface area contributed by atoms with Crippen molar-refractivity contribution in [2.45, 2.75) is 25.8 Å². The number of rotatable bonds is 3. The highest BCUT2D eigenvalue weighted by molar-refractivity contribution is 5.94. The van der Waals surface area contributed by atoms with Gasteiger partial charge in [0.15, 0.2) is 5.69 Å². The van der Waals surface area contributed by atoms with Gasteiger partial charge in [-0.1, -0.05) is 24.3 Å². The SMILES string of the molecule is [C-]#[N+]c1ccc(F)cc1CN1CCC2(CCN(C(=O)c3ccccc3)CC2)C1=O. The number of piperidine rings is 1. The molecule has 2 aliphatic rings. The van der Waals surface area contributed by atoms with Crippen LogP contribution in [0, 0.1) is 17.8 Å². The van der Waals surface area contributed by atoms with E-state index in [1.807, 2.05) is 35.2 Å². The van der Waals surface area contributed by atoms with Gasteiger partial charge in [-0.05, 0) is 49.1 Å². The van der Waals surface area contributed by atoms with Crippen molar-refractivity contribution in [2.75, 3.05) is 19.6 Å². The number of hydrogen-bond acceptors (Lipinski definition) is 2. The smallest absolute Gasteiger partial charge is 0.253 e. The maximum Gasteiger partial charge on any atom is 0.253 e. The molecule has 0 radical (unpaired) electrons. The predicted molar refractivity (Wildman–Crippen MR) is 107 cm³/mol. The zero-order valence-electron chi connectivity index (χ0n) is 16.1. The molecule has 0 bridgehead atoms. The Hall–Kier alpha value is -3.20. The van der Waals surface area contributed by atoms with Crippen molar-refractivity contribution in [3.63, 3.8) is 0 Å². The Balaban J connectivity index is 1.43. The van der Waals surface area contributed by atoms with Crippen molar-refractivity contribution >= 4 is 17.5 Å². The number of nitrogens with zero attached hydrogens (tertiary/aromatic N) is 3. The van der Waals surface area contributed by atoms with Crippen LogP contribution in [0.2, 0.25) is 0 Å². The summed E-state index contributed by atoms with van der Waals surface area (Å²) in [5, 5.41) is 0. The molecule has 2 aliphatic heterocycles. The maximum absolute atomic E-state index is 13.6. The molecule has 0 unspecified atom stereocenters. The zero-order valence-corrected chi connectivity index (χ0v) is 16.1. The van der Waals surface area contributed by atoms with Crippen LogP contribution >= 0.6 is 0 Å². The lowest BCUT2D eigenvalue weighted by Crippen LogP contribution is -2.46. The Labute approximate surface area is 169 Å². The fraction of sp³-hybridized carbons (Fsp3) is 0.348. The average Bonchev–Trinajstić information content (AvgIpc) is 3.04. The summed E-state index contributed by atoms with van der Waals surface area (Å²) in [5.41, 5.74) is 1.14. The summed E-state index contributed by atoms with van der Waals surface area (Å²) in [7, 11) is 0. The maximum atomic E-state index is 13.6. The highest BCUT2D eigenvalue weighted by atomic mass is 19.1. The predicted octanol–water partition coefficient (Wildman–Crippen LogP) is 4.03. The van der Waals surface area contributed by atoms with Crippen LogP contribution in [0.25, 0.3) is 4.85 Å². The van der Waals surface area contributed by atoms with E-state index in [0.717, 1.165) is 6.42 Å². The van der Waals surface area contributed by atoms with Crippen LogP contribution < -0.4 is 0 Å². The summed E-state index contributed by atoms with van der Waals surface area (Å²) in [6.07, 6.45) is 2.02. The fourth-order valence-electron chi connectivity index (χ4n) is 4.40. The summed E-state index contributed by atoms with van der Waals surface area (Å²) >= 11 is 0. The van der Waals surface area contributed by atoms with Crippen LogP contribution in [0.5, 0.6) is 0 Å². The molecule has 0 N–H and O–H groups in total. The Kier molecular flexibility index (Phi) is 5.06. The van der Waals surface area contributed by atoms with E-state index < -0.39 is 11.2 Å². The van der Waals surface area contributed by atoms with Gasteiger partial charge in [-0.25, -0.2) is 9.24 Å². The molecule has 2 fully saturated rings. The van der Waals surface area contributed by atoms with E-state index in [1.165, 1.54) is 18.2 Å². The minimum Gasteiger partial charge on any atom is -0.339 e. The van der Waals surface area contributed by atoms with Crippen molar-refractivity contribution in [1.82, 2.24) is 9.80 Å². The van der Waals surface area contributed by atoms with Gasteiger partial charge >= 0.3 is 0 Å². The minimum atomic E-state index is -0.445. The Bertz CT molecular complexity index is 975. The number of amides is 2. The molecule has 6 heteroatoms. The summed E-state index contributed by atoms with van der Waals surface area (Å²) < 4.78 is 13.6. The van der Waals surface area contributed by atoms with E-state index in [2.05, 4.69) is 4.85 Å². The first kappa shape index (κ1) is 19.1.